The summed E-state index contributed by atoms with van der Waals surface area (Å²) in [4.78, 5) is 18.3. The molecule has 2 aromatic rings. The Hall–Kier alpha value is -2.14. The second-order valence-electron chi connectivity index (χ2n) is 4.45. The van der Waals surface area contributed by atoms with Crippen LogP contribution in [-0.2, 0) is 0 Å². The summed E-state index contributed by atoms with van der Waals surface area (Å²) in [5.41, 5.74) is 1.25. The number of benzene rings is 1. The molecule has 0 aliphatic carbocycles. The molecule has 1 fully saturated rings. The molecular weight excluding hydrogens is 242 g/mol. The molecule has 19 heavy (non-hydrogen) atoms. The minimum absolute atomic E-state index is 0.0626. The number of piperazine rings is 1. The molecule has 0 bridgehead atoms. The van der Waals surface area contributed by atoms with Gasteiger partial charge in [0.05, 0.1) is 0 Å². The highest BCUT2D eigenvalue weighted by molar-refractivity contribution is 5.92. The van der Waals surface area contributed by atoms with Gasteiger partial charge in [0, 0.05) is 31.7 Å². The van der Waals surface area contributed by atoms with Gasteiger partial charge in [-0.1, -0.05) is 18.2 Å². The van der Waals surface area contributed by atoms with E-state index in [0.29, 0.717) is 24.7 Å². The van der Waals surface area contributed by atoms with Crippen molar-refractivity contribution in [2.75, 3.05) is 26.2 Å². The van der Waals surface area contributed by atoms with Crippen molar-refractivity contribution in [2.24, 2.45) is 0 Å². The highest BCUT2D eigenvalue weighted by atomic mass is 16.3. The molecule has 0 saturated carbocycles. The molecule has 5 heteroatoms. The Morgan fingerprint density at radius 2 is 1.95 bits per heavy atom. The van der Waals surface area contributed by atoms with Gasteiger partial charge < -0.3 is 14.6 Å². The van der Waals surface area contributed by atoms with Crippen LogP contribution in [0.4, 0.5) is 0 Å². The number of rotatable bonds is 2. The van der Waals surface area contributed by atoms with Crippen molar-refractivity contribution in [3.63, 3.8) is 0 Å². The van der Waals surface area contributed by atoms with E-state index in [2.05, 4.69) is 10.3 Å². The predicted octanol–water partition coefficient (Wildman–Crippen LogP) is 1.39. The first-order valence-electron chi connectivity index (χ1n) is 6.35. The highest BCUT2D eigenvalue weighted by Crippen LogP contribution is 2.18. The first-order valence-corrected chi connectivity index (χ1v) is 6.35. The number of hydrogen-bond donors (Lipinski definition) is 1. The summed E-state index contributed by atoms with van der Waals surface area (Å²) in [5.74, 6) is 0.423. The van der Waals surface area contributed by atoms with E-state index < -0.39 is 0 Å². The molecule has 1 amide bonds. The van der Waals surface area contributed by atoms with Crippen LogP contribution >= 0.6 is 0 Å². The Morgan fingerprint density at radius 1 is 1.21 bits per heavy atom. The van der Waals surface area contributed by atoms with Crippen LogP contribution in [0.1, 0.15) is 10.5 Å². The first kappa shape index (κ1) is 11.9. The minimum atomic E-state index is -0.0626. The fourth-order valence-corrected chi connectivity index (χ4v) is 2.12. The third kappa shape index (κ3) is 2.51. The lowest BCUT2D eigenvalue weighted by molar-refractivity contribution is 0.0730. The van der Waals surface area contributed by atoms with Crippen LogP contribution in [0.3, 0.4) is 0 Å². The molecule has 5 nitrogen and oxygen atoms in total. The molecule has 0 unspecified atom stereocenters. The Balaban J connectivity index is 1.79. The molecule has 1 aliphatic rings. The molecule has 98 valence electrons. The number of nitrogens with one attached hydrogen (secondary N) is 1. The lowest BCUT2D eigenvalue weighted by Gasteiger charge is -2.26. The van der Waals surface area contributed by atoms with E-state index in [9.17, 15) is 4.79 Å². The summed E-state index contributed by atoms with van der Waals surface area (Å²) in [6.45, 7) is 3.09. The standard InChI is InChI=1S/C14H15N3O2/c18-14(17-8-6-15-7-9-17)12-10-19-13(16-12)11-4-2-1-3-5-11/h1-5,10,15H,6-9H2. The van der Waals surface area contributed by atoms with Gasteiger partial charge in [-0.25, -0.2) is 4.98 Å². The van der Waals surface area contributed by atoms with Gasteiger partial charge in [-0.2, -0.15) is 0 Å². The molecule has 1 saturated heterocycles. The van der Waals surface area contributed by atoms with E-state index in [1.54, 1.807) is 4.90 Å². The molecule has 1 aromatic heterocycles. The van der Waals surface area contributed by atoms with E-state index in [0.717, 1.165) is 18.7 Å². The van der Waals surface area contributed by atoms with Crippen molar-refractivity contribution in [3.05, 3.63) is 42.3 Å². The summed E-state index contributed by atoms with van der Waals surface area (Å²) < 4.78 is 5.39. The second-order valence-corrected chi connectivity index (χ2v) is 4.45. The third-order valence-corrected chi connectivity index (χ3v) is 3.15. The van der Waals surface area contributed by atoms with E-state index >= 15 is 0 Å². The van der Waals surface area contributed by atoms with Crippen LogP contribution in [-0.4, -0.2) is 42.0 Å². The predicted molar refractivity (Wildman–Crippen MR) is 70.7 cm³/mol. The fourth-order valence-electron chi connectivity index (χ4n) is 2.12. The van der Waals surface area contributed by atoms with Crippen molar-refractivity contribution in [3.8, 4) is 11.5 Å². The topological polar surface area (TPSA) is 58.4 Å². The van der Waals surface area contributed by atoms with Crippen LogP contribution in [0.5, 0.6) is 0 Å². The largest absolute Gasteiger partial charge is 0.444 e. The Labute approximate surface area is 111 Å². The molecule has 2 heterocycles. The van der Waals surface area contributed by atoms with Gasteiger partial charge in [-0.15, -0.1) is 0 Å². The monoisotopic (exact) mass is 257 g/mol. The Kier molecular flexibility index (Phi) is 3.29. The normalized spacial score (nSPS) is 15.5. The molecule has 0 radical (unpaired) electrons. The van der Waals surface area contributed by atoms with E-state index in [1.807, 2.05) is 30.3 Å². The maximum atomic E-state index is 12.2. The smallest absolute Gasteiger partial charge is 0.275 e. The maximum Gasteiger partial charge on any atom is 0.275 e. The van der Waals surface area contributed by atoms with Crippen molar-refractivity contribution in [2.45, 2.75) is 0 Å². The molecule has 0 spiro atoms. The van der Waals surface area contributed by atoms with Gasteiger partial charge in [0.15, 0.2) is 5.69 Å². The number of oxazole rings is 1. The lowest BCUT2D eigenvalue weighted by atomic mass is 10.2. The summed E-state index contributed by atoms with van der Waals surface area (Å²) in [6.07, 6.45) is 1.44. The Morgan fingerprint density at radius 3 is 2.68 bits per heavy atom. The van der Waals surface area contributed by atoms with Crippen LogP contribution in [0, 0.1) is 0 Å². The molecule has 0 atom stereocenters. The van der Waals surface area contributed by atoms with E-state index in [1.165, 1.54) is 6.26 Å². The number of aromatic nitrogens is 1. The van der Waals surface area contributed by atoms with E-state index in [4.69, 9.17) is 4.42 Å². The van der Waals surface area contributed by atoms with Crippen molar-refractivity contribution < 1.29 is 9.21 Å². The zero-order valence-electron chi connectivity index (χ0n) is 10.5. The summed E-state index contributed by atoms with van der Waals surface area (Å²) >= 11 is 0. The molecule has 1 aliphatic heterocycles. The summed E-state index contributed by atoms with van der Waals surface area (Å²) in [5, 5.41) is 3.21. The highest BCUT2D eigenvalue weighted by Gasteiger charge is 2.21. The minimum Gasteiger partial charge on any atom is -0.444 e. The van der Waals surface area contributed by atoms with Gasteiger partial charge in [0.1, 0.15) is 6.26 Å². The summed E-state index contributed by atoms with van der Waals surface area (Å²) in [6, 6.07) is 9.57. The van der Waals surface area contributed by atoms with Crippen LogP contribution < -0.4 is 5.32 Å². The number of hydrogen-bond acceptors (Lipinski definition) is 4. The van der Waals surface area contributed by atoms with Gasteiger partial charge >= 0.3 is 0 Å². The second kappa shape index (κ2) is 5.24. The quantitative estimate of drug-likeness (QED) is 0.883. The van der Waals surface area contributed by atoms with Crippen LogP contribution in [0.25, 0.3) is 11.5 Å². The number of nitrogens with zero attached hydrogens (tertiary/aromatic N) is 2. The maximum absolute atomic E-state index is 12.2. The SMILES string of the molecule is O=C(c1coc(-c2ccccc2)n1)N1CCNCC1. The van der Waals surface area contributed by atoms with Crippen LogP contribution in [0.2, 0.25) is 0 Å². The molecule has 3 rings (SSSR count). The average Bonchev–Trinajstić information content (AvgIpc) is 2.98. The van der Waals surface area contributed by atoms with Crippen LogP contribution in [0.15, 0.2) is 41.0 Å². The van der Waals surface area contributed by atoms with Gasteiger partial charge in [0.2, 0.25) is 5.89 Å². The first-order chi connectivity index (χ1) is 9.34. The van der Waals surface area contributed by atoms with Crippen molar-refractivity contribution in [1.29, 1.82) is 0 Å². The zero-order chi connectivity index (χ0) is 13.1. The van der Waals surface area contributed by atoms with Gasteiger partial charge in [0.25, 0.3) is 5.91 Å². The van der Waals surface area contributed by atoms with Gasteiger partial charge in [-0.3, -0.25) is 4.79 Å². The van der Waals surface area contributed by atoms with Crippen molar-refractivity contribution >= 4 is 5.91 Å². The lowest BCUT2D eigenvalue weighted by Crippen LogP contribution is -2.46. The zero-order valence-corrected chi connectivity index (χ0v) is 10.5. The molecular formula is C14H15N3O2. The number of amides is 1. The van der Waals surface area contributed by atoms with Crippen molar-refractivity contribution in [1.82, 2.24) is 15.2 Å². The number of carbonyl (C=O) groups is 1. The average molecular weight is 257 g/mol. The summed E-state index contributed by atoms with van der Waals surface area (Å²) in [7, 11) is 0. The molecule has 1 N–H and O–H groups in total. The third-order valence-electron chi connectivity index (χ3n) is 3.15. The molecule has 1 aromatic carbocycles. The van der Waals surface area contributed by atoms with Gasteiger partial charge in [-0.05, 0) is 12.1 Å². The fraction of sp³-hybridized carbons (Fsp3) is 0.286. The van der Waals surface area contributed by atoms with E-state index in [-0.39, 0.29) is 5.91 Å². The number of carbonyl (C=O) groups excluding carboxylic acids is 1. The Bertz CT molecular complexity index is 559.